The number of carbonyl (C=O) groups is 5. The van der Waals surface area contributed by atoms with Crippen LogP contribution in [-0.2, 0) is 35.2 Å². The van der Waals surface area contributed by atoms with Gasteiger partial charge < -0.3 is 57.9 Å². The van der Waals surface area contributed by atoms with Crippen LogP contribution in [0.2, 0.25) is 0 Å². The van der Waals surface area contributed by atoms with Crippen molar-refractivity contribution in [2.75, 3.05) is 71.0 Å². The van der Waals surface area contributed by atoms with Crippen LogP contribution in [0.1, 0.15) is 61.6 Å². The number of ether oxygens (including phenoxy) is 2. The third-order valence-corrected chi connectivity index (χ3v) is 9.02. The number of nitrogens with one attached hydrogen (secondary N) is 7. The standard InChI is InChI=1S/C43H62N10O8/c1-2-37(55)48-24-25-50-43(59)53-42(45)49-21-6-10-36(40(57)51-30-31-11-17-35(54)18-12-31)52-41(58)39(32-8-4-3-5-9-32)33-13-15-34(16-14-33)46-22-7-23-47-38(56)19-26-60-28-29-61-27-20-44/h3-5,8-9,11-18,36,39,46,54H,2,6-7,10,19-30,44H2,1H3,(H,47,56)(H,48,55)(H,51,57)(H,52,58)(H4,45,49,50,53,59)/t36-,39?/m1/s1. The van der Waals surface area contributed by atoms with E-state index in [2.05, 4.69) is 42.2 Å². The maximum absolute atomic E-state index is 14.2. The summed E-state index contributed by atoms with van der Waals surface area (Å²) in [5.41, 5.74) is 14.3. The van der Waals surface area contributed by atoms with Gasteiger partial charge in [-0.1, -0.05) is 61.5 Å². The molecule has 0 heterocycles. The molecule has 6 amide bonds. The normalized spacial score (nSPS) is 12.1. The number of aliphatic imine (C=N–C) groups is 1. The zero-order valence-electron chi connectivity index (χ0n) is 34.9. The zero-order chi connectivity index (χ0) is 44.1. The van der Waals surface area contributed by atoms with E-state index in [4.69, 9.17) is 20.9 Å². The number of amides is 6. The van der Waals surface area contributed by atoms with Gasteiger partial charge in [0.1, 0.15) is 11.8 Å². The van der Waals surface area contributed by atoms with Gasteiger partial charge in [0.15, 0.2) is 5.96 Å². The first kappa shape index (κ1) is 49.1. The van der Waals surface area contributed by atoms with Crippen LogP contribution in [0.25, 0.3) is 0 Å². The second-order valence-corrected chi connectivity index (χ2v) is 13.8. The number of nitrogens with zero attached hydrogens (tertiary/aromatic N) is 1. The Morgan fingerprint density at radius 1 is 0.721 bits per heavy atom. The Hall–Kier alpha value is -6.24. The lowest BCUT2D eigenvalue weighted by molar-refractivity contribution is -0.129. The molecule has 0 saturated heterocycles. The summed E-state index contributed by atoms with van der Waals surface area (Å²) in [7, 11) is 0. The summed E-state index contributed by atoms with van der Waals surface area (Å²) in [5, 5.41) is 29.4. The molecule has 332 valence electrons. The Bertz CT molecular complexity index is 1800. The average Bonchev–Trinajstić information content (AvgIpc) is 3.26. The molecule has 18 heteroatoms. The predicted molar refractivity (Wildman–Crippen MR) is 234 cm³/mol. The number of phenolic OH excluding ortho intramolecular Hbond substituents is 1. The van der Waals surface area contributed by atoms with Gasteiger partial charge in [0.25, 0.3) is 0 Å². The van der Waals surface area contributed by atoms with Gasteiger partial charge in [0, 0.05) is 64.3 Å². The fraction of sp³-hybridized carbons (Fsp3) is 0.442. The molecule has 1 unspecified atom stereocenters. The Morgan fingerprint density at radius 2 is 1.39 bits per heavy atom. The molecular formula is C43H62N10O8. The molecule has 18 nitrogen and oxygen atoms in total. The first-order valence-electron chi connectivity index (χ1n) is 20.6. The topological polar surface area (TPSA) is 273 Å². The van der Waals surface area contributed by atoms with Crippen molar-refractivity contribution < 1.29 is 38.6 Å². The lowest BCUT2D eigenvalue weighted by Crippen LogP contribution is -2.48. The minimum Gasteiger partial charge on any atom is -0.508 e. The lowest BCUT2D eigenvalue weighted by Gasteiger charge is -2.23. The van der Waals surface area contributed by atoms with E-state index < -0.39 is 23.9 Å². The minimum atomic E-state index is -0.947. The summed E-state index contributed by atoms with van der Waals surface area (Å²) >= 11 is 0. The molecule has 2 atom stereocenters. The Morgan fingerprint density at radius 3 is 2.10 bits per heavy atom. The highest BCUT2D eigenvalue weighted by Crippen LogP contribution is 2.27. The van der Waals surface area contributed by atoms with Crippen molar-refractivity contribution in [3.63, 3.8) is 0 Å². The van der Waals surface area contributed by atoms with Gasteiger partial charge in [-0.3, -0.25) is 29.5 Å². The number of carbonyl (C=O) groups excluding carboxylic acids is 5. The van der Waals surface area contributed by atoms with Crippen molar-refractivity contribution in [1.82, 2.24) is 31.9 Å². The molecule has 3 rings (SSSR count). The summed E-state index contributed by atoms with van der Waals surface area (Å²) < 4.78 is 10.6. The fourth-order valence-electron chi connectivity index (χ4n) is 5.79. The van der Waals surface area contributed by atoms with Crippen molar-refractivity contribution in [1.29, 1.82) is 0 Å². The molecule has 0 aromatic heterocycles. The van der Waals surface area contributed by atoms with Crippen molar-refractivity contribution in [2.45, 2.75) is 57.5 Å². The number of rotatable bonds is 28. The molecule has 0 radical (unpaired) electrons. The number of anilines is 1. The molecule has 3 aromatic rings. The molecule has 0 aliphatic rings. The molecule has 3 aromatic carbocycles. The van der Waals surface area contributed by atoms with E-state index in [9.17, 15) is 29.1 Å². The third kappa shape index (κ3) is 20.5. The third-order valence-electron chi connectivity index (χ3n) is 9.02. The number of hydrogen-bond donors (Lipinski definition) is 10. The lowest BCUT2D eigenvalue weighted by atomic mass is 9.90. The molecule has 0 aliphatic carbocycles. The number of guanidine groups is 1. The van der Waals surface area contributed by atoms with Gasteiger partial charge in [-0.2, -0.15) is 0 Å². The minimum absolute atomic E-state index is 0.0883. The van der Waals surface area contributed by atoms with E-state index in [0.29, 0.717) is 70.9 Å². The highest BCUT2D eigenvalue weighted by Gasteiger charge is 2.28. The van der Waals surface area contributed by atoms with Crippen LogP contribution in [0.4, 0.5) is 10.5 Å². The molecule has 0 bridgehead atoms. The highest BCUT2D eigenvalue weighted by molar-refractivity contribution is 5.95. The number of urea groups is 1. The molecule has 0 fully saturated rings. The van der Waals surface area contributed by atoms with Gasteiger partial charge in [0.05, 0.1) is 32.3 Å². The molecule has 0 aliphatic heterocycles. The van der Waals surface area contributed by atoms with Crippen molar-refractivity contribution in [3.05, 3.63) is 95.6 Å². The van der Waals surface area contributed by atoms with Gasteiger partial charge in [-0.05, 0) is 60.2 Å². The predicted octanol–water partition coefficient (Wildman–Crippen LogP) is 1.55. The molecule has 61 heavy (non-hydrogen) atoms. The highest BCUT2D eigenvalue weighted by atomic mass is 16.5. The maximum Gasteiger partial charge on any atom is 0.321 e. The molecular weight excluding hydrogens is 785 g/mol. The van der Waals surface area contributed by atoms with Crippen LogP contribution in [0.5, 0.6) is 5.75 Å². The SMILES string of the molecule is CCC(=O)NCCNC(=O)NC(N)=NCCC[C@@H](NC(=O)C(c1ccccc1)c1ccc(NCCCNC(=O)CCOCCOCCN)cc1)C(=O)NCc1ccc(O)cc1. The van der Waals surface area contributed by atoms with Crippen LogP contribution in [-0.4, -0.2) is 112 Å². The van der Waals surface area contributed by atoms with E-state index in [-0.39, 0.29) is 68.5 Å². The van der Waals surface area contributed by atoms with Crippen LogP contribution >= 0.6 is 0 Å². The largest absolute Gasteiger partial charge is 0.508 e. The summed E-state index contributed by atoms with van der Waals surface area (Å²) in [6, 6.07) is 21.7. The van der Waals surface area contributed by atoms with Crippen molar-refractivity contribution in [3.8, 4) is 5.75 Å². The van der Waals surface area contributed by atoms with Crippen molar-refractivity contribution >= 4 is 41.3 Å². The molecule has 12 N–H and O–H groups in total. The first-order valence-corrected chi connectivity index (χ1v) is 20.6. The summed E-state index contributed by atoms with van der Waals surface area (Å²) in [6.07, 6.45) is 1.84. The summed E-state index contributed by atoms with van der Waals surface area (Å²) in [4.78, 5) is 67.7. The maximum atomic E-state index is 14.2. The van der Waals surface area contributed by atoms with Crippen LogP contribution in [0.3, 0.4) is 0 Å². The second kappa shape index (κ2) is 29.1. The first-order chi connectivity index (χ1) is 29.6. The Balaban J connectivity index is 1.59. The Labute approximate surface area is 357 Å². The van der Waals surface area contributed by atoms with Crippen LogP contribution in [0.15, 0.2) is 83.9 Å². The average molecular weight is 847 g/mol. The van der Waals surface area contributed by atoms with Gasteiger partial charge >= 0.3 is 6.03 Å². The number of nitrogens with two attached hydrogens (primary N) is 2. The summed E-state index contributed by atoms with van der Waals surface area (Å²) in [6.45, 7) is 5.73. The number of benzene rings is 3. The number of phenols is 1. The van der Waals surface area contributed by atoms with Crippen LogP contribution < -0.4 is 48.7 Å². The summed E-state index contributed by atoms with van der Waals surface area (Å²) in [5.74, 6) is -1.77. The molecule has 0 spiro atoms. The second-order valence-electron chi connectivity index (χ2n) is 13.8. The molecule has 0 saturated carbocycles. The monoisotopic (exact) mass is 846 g/mol. The van der Waals surface area contributed by atoms with E-state index >= 15 is 0 Å². The van der Waals surface area contributed by atoms with Gasteiger partial charge in [-0.15, -0.1) is 0 Å². The van der Waals surface area contributed by atoms with Gasteiger partial charge in [0.2, 0.25) is 23.6 Å². The quantitative estimate of drug-likeness (QED) is 0.0285. The van der Waals surface area contributed by atoms with E-state index in [1.807, 2.05) is 54.6 Å². The van der Waals surface area contributed by atoms with Gasteiger partial charge in [-0.25, -0.2) is 4.79 Å². The fourth-order valence-corrected chi connectivity index (χ4v) is 5.79. The Kier molecular flexibility index (Phi) is 23.4. The number of aromatic hydroxyl groups is 1. The zero-order valence-corrected chi connectivity index (χ0v) is 34.9. The number of hydrogen-bond acceptors (Lipinski definition) is 11. The van der Waals surface area contributed by atoms with Crippen LogP contribution in [0, 0.1) is 0 Å². The van der Waals surface area contributed by atoms with E-state index in [1.54, 1.807) is 19.1 Å². The van der Waals surface area contributed by atoms with E-state index in [1.165, 1.54) is 12.1 Å². The van der Waals surface area contributed by atoms with Crippen molar-refractivity contribution in [2.24, 2.45) is 16.5 Å². The smallest absolute Gasteiger partial charge is 0.321 e. The van der Waals surface area contributed by atoms with E-state index in [0.717, 1.165) is 16.8 Å².